The van der Waals surface area contributed by atoms with E-state index in [9.17, 15) is 21.6 Å². The van der Waals surface area contributed by atoms with Crippen molar-refractivity contribution in [3.8, 4) is 0 Å². The molecular weight excluding hydrogens is 321 g/mol. The Morgan fingerprint density at radius 1 is 1.18 bits per heavy atom. The molecule has 1 aliphatic rings. The Bertz CT molecular complexity index is 429. The predicted molar refractivity (Wildman–Crippen MR) is 78.4 cm³/mol. The molecule has 1 fully saturated rings. The number of halogens is 3. The quantitative estimate of drug-likeness (QED) is 0.621. The number of ether oxygens (including phenoxy) is 1. The van der Waals surface area contributed by atoms with Crippen LogP contribution < -0.4 is 0 Å². The highest BCUT2D eigenvalue weighted by molar-refractivity contribution is 7.92. The third kappa shape index (κ3) is 5.68. The molecule has 0 aliphatic carbocycles. The van der Waals surface area contributed by atoms with Gasteiger partial charge in [0.1, 0.15) is 0 Å². The zero-order valence-corrected chi connectivity index (χ0v) is 13.9. The first kappa shape index (κ1) is 19.7. The third-order valence-electron chi connectivity index (χ3n) is 3.92. The van der Waals surface area contributed by atoms with E-state index >= 15 is 0 Å². The van der Waals surface area contributed by atoms with Gasteiger partial charge in [0.15, 0.2) is 0 Å². The molecule has 1 heterocycles. The van der Waals surface area contributed by atoms with Crippen molar-refractivity contribution in [1.29, 1.82) is 0 Å². The molecule has 1 unspecified atom stereocenters. The summed E-state index contributed by atoms with van der Waals surface area (Å²) in [6.07, 6.45) is 0.870. The molecule has 1 saturated heterocycles. The highest BCUT2D eigenvalue weighted by Gasteiger charge is 2.45. The molecule has 0 amide bonds. The van der Waals surface area contributed by atoms with Crippen LogP contribution in [0.1, 0.15) is 20.3 Å². The van der Waals surface area contributed by atoms with Crippen molar-refractivity contribution < 1.29 is 26.3 Å². The van der Waals surface area contributed by atoms with Gasteiger partial charge in [-0.3, -0.25) is 9.80 Å². The lowest BCUT2D eigenvalue weighted by molar-refractivity contribution is -0.0438. The summed E-state index contributed by atoms with van der Waals surface area (Å²) >= 11 is 0. The molecule has 0 N–H and O–H groups in total. The first-order valence-electron chi connectivity index (χ1n) is 7.54. The van der Waals surface area contributed by atoms with Crippen LogP contribution in [0, 0.1) is 0 Å². The van der Waals surface area contributed by atoms with Crippen molar-refractivity contribution in [1.82, 2.24) is 9.80 Å². The Balaban J connectivity index is 2.47. The second-order valence-corrected chi connectivity index (χ2v) is 7.46. The van der Waals surface area contributed by atoms with Gasteiger partial charge in [-0.2, -0.15) is 13.2 Å². The predicted octanol–water partition coefficient (Wildman–Crippen LogP) is 1.35. The molecule has 1 rings (SSSR count). The van der Waals surface area contributed by atoms with Gasteiger partial charge in [-0.15, -0.1) is 0 Å². The van der Waals surface area contributed by atoms with E-state index in [-0.39, 0.29) is 12.6 Å². The van der Waals surface area contributed by atoms with Crippen molar-refractivity contribution in [3.05, 3.63) is 0 Å². The molecule has 1 aliphatic heterocycles. The summed E-state index contributed by atoms with van der Waals surface area (Å²) < 4.78 is 64.5. The van der Waals surface area contributed by atoms with E-state index in [1.165, 1.54) is 0 Å². The minimum atomic E-state index is -5.16. The molecule has 0 spiro atoms. The van der Waals surface area contributed by atoms with E-state index in [1.807, 2.05) is 13.8 Å². The fraction of sp³-hybridized carbons (Fsp3) is 1.00. The zero-order valence-electron chi connectivity index (χ0n) is 13.1. The van der Waals surface area contributed by atoms with Crippen LogP contribution >= 0.6 is 0 Å². The molecule has 0 saturated carbocycles. The van der Waals surface area contributed by atoms with Crippen molar-refractivity contribution in [2.75, 3.05) is 51.7 Å². The molecule has 9 heteroatoms. The number of piperazine rings is 1. The standard InChI is InChI=1S/C13H25F3N2O3S/c1-3-12-11-17(5-6-18(12)7-9-21-4-2)8-10-22(19,20)13(14,15)16/h12H,3-11H2,1-2H3. The Morgan fingerprint density at radius 2 is 1.86 bits per heavy atom. The van der Waals surface area contributed by atoms with Gasteiger partial charge in [-0.05, 0) is 13.3 Å². The monoisotopic (exact) mass is 346 g/mol. The number of alkyl halides is 3. The Morgan fingerprint density at radius 3 is 2.41 bits per heavy atom. The lowest BCUT2D eigenvalue weighted by atomic mass is 10.1. The normalized spacial score (nSPS) is 22.1. The van der Waals surface area contributed by atoms with E-state index in [2.05, 4.69) is 4.90 Å². The first-order valence-corrected chi connectivity index (χ1v) is 9.19. The minimum Gasteiger partial charge on any atom is -0.380 e. The molecule has 132 valence electrons. The Labute approximate surface area is 130 Å². The third-order valence-corrected chi connectivity index (χ3v) is 5.34. The molecule has 1 atom stereocenters. The van der Waals surface area contributed by atoms with E-state index in [4.69, 9.17) is 4.74 Å². The largest absolute Gasteiger partial charge is 0.497 e. The number of hydrogen-bond acceptors (Lipinski definition) is 5. The van der Waals surface area contributed by atoms with Crippen LogP contribution in [0.3, 0.4) is 0 Å². The van der Waals surface area contributed by atoms with Gasteiger partial charge in [-0.25, -0.2) is 8.42 Å². The van der Waals surface area contributed by atoms with Crippen molar-refractivity contribution in [3.63, 3.8) is 0 Å². The summed E-state index contributed by atoms with van der Waals surface area (Å²) in [5.41, 5.74) is -5.16. The van der Waals surface area contributed by atoms with Gasteiger partial charge in [0, 0.05) is 45.4 Å². The highest BCUT2D eigenvalue weighted by atomic mass is 32.2. The molecule has 0 bridgehead atoms. The van der Waals surface area contributed by atoms with E-state index in [1.54, 1.807) is 4.90 Å². The zero-order chi connectivity index (χ0) is 16.8. The summed E-state index contributed by atoms with van der Waals surface area (Å²) in [5.74, 6) is -0.869. The maximum Gasteiger partial charge on any atom is 0.497 e. The van der Waals surface area contributed by atoms with Gasteiger partial charge in [0.05, 0.1) is 12.4 Å². The number of rotatable bonds is 8. The molecule has 5 nitrogen and oxygen atoms in total. The molecule has 0 radical (unpaired) electrons. The van der Waals surface area contributed by atoms with Crippen LogP contribution in [0.2, 0.25) is 0 Å². The van der Waals surface area contributed by atoms with Crippen LogP contribution in [0.25, 0.3) is 0 Å². The summed E-state index contributed by atoms with van der Waals surface area (Å²) in [4.78, 5) is 4.05. The van der Waals surface area contributed by atoms with Crippen molar-refractivity contribution >= 4 is 9.84 Å². The fourth-order valence-corrected chi connectivity index (χ4v) is 3.26. The smallest absolute Gasteiger partial charge is 0.380 e. The molecule has 0 aromatic rings. The van der Waals surface area contributed by atoms with Crippen molar-refractivity contribution in [2.24, 2.45) is 0 Å². The van der Waals surface area contributed by atoms with Gasteiger partial charge in [0.25, 0.3) is 0 Å². The van der Waals surface area contributed by atoms with Crippen LogP contribution in [0.4, 0.5) is 13.2 Å². The van der Waals surface area contributed by atoms with Crippen LogP contribution in [0.15, 0.2) is 0 Å². The lowest BCUT2D eigenvalue weighted by Crippen LogP contribution is -2.54. The fourth-order valence-electron chi connectivity index (χ4n) is 2.53. The number of sulfone groups is 1. The van der Waals surface area contributed by atoms with Crippen LogP contribution in [-0.2, 0) is 14.6 Å². The Hall–Kier alpha value is -0.380. The molecule has 22 heavy (non-hydrogen) atoms. The van der Waals surface area contributed by atoms with Crippen LogP contribution in [0.5, 0.6) is 0 Å². The van der Waals surface area contributed by atoms with E-state index in [0.29, 0.717) is 26.3 Å². The summed E-state index contributed by atoms with van der Waals surface area (Å²) in [6, 6.07) is 0.225. The minimum absolute atomic E-state index is 0.0718. The summed E-state index contributed by atoms with van der Waals surface area (Å²) in [5, 5.41) is 0. The topological polar surface area (TPSA) is 49.9 Å². The average Bonchev–Trinajstić information content (AvgIpc) is 2.45. The SMILES string of the molecule is CCOCCN1CCN(CCS(=O)(=O)C(F)(F)F)CC1CC. The highest BCUT2D eigenvalue weighted by Crippen LogP contribution is 2.24. The number of nitrogens with zero attached hydrogens (tertiary/aromatic N) is 2. The molecular formula is C13H25F3N2O3S. The van der Waals surface area contributed by atoms with Gasteiger partial charge >= 0.3 is 5.51 Å². The molecule has 0 aromatic heterocycles. The summed E-state index contributed by atoms with van der Waals surface area (Å²) in [7, 11) is -5.03. The number of hydrogen-bond donors (Lipinski definition) is 0. The second kappa shape index (κ2) is 8.47. The first-order chi connectivity index (χ1) is 10.2. The maximum absolute atomic E-state index is 12.3. The molecule has 0 aromatic carbocycles. The van der Waals surface area contributed by atoms with Gasteiger partial charge < -0.3 is 4.74 Å². The lowest BCUT2D eigenvalue weighted by Gasteiger charge is -2.41. The van der Waals surface area contributed by atoms with E-state index in [0.717, 1.165) is 19.5 Å². The average molecular weight is 346 g/mol. The van der Waals surface area contributed by atoms with E-state index < -0.39 is 21.1 Å². The van der Waals surface area contributed by atoms with Gasteiger partial charge in [-0.1, -0.05) is 6.92 Å². The van der Waals surface area contributed by atoms with Gasteiger partial charge in [0.2, 0.25) is 9.84 Å². The van der Waals surface area contributed by atoms with Crippen molar-refractivity contribution in [2.45, 2.75) is 31.8 Å². The summed E-state index contributed by atoms with van der Waals surface area (Å²) in [6.45, 7) is 7.86. The maximum atomic E-state index is 12.3. The second-order valence-electron chi connectivity index (χ2n) is 5.36. The Kier molecular flexibility index (Phi) is 7.57. The van der Waals surface area contributed by atoms with Crippen LogP contribution in [-0.4, -0.2) is 81.5 Å².